The number of nitrogens with one attached hydrogen (secondary N) is 5. The number of hydrogen-bond donors (Lipinski definition) is 14. The van der Waals surface area contributed by atoms with Crippen molar-refractivity contribution >= 4 is 83.0 Å². The van der Waals surface area contributed by atoms with Gasteiger partial charge in [-0.2, -0.15) is 0 Å². The molecular formula is C75H99N11O25S. The first kappa shape index (κ1) is 86.2. The van der Waals surface area contributed by atoms with E-state index >= 15 is 14.4 Å². The van der Waals surface area contributed by atoms with Crippen LogP contribution in [0.3, 0.4) is 0 Å². The second-order valence-electron chi connectivity index (χ2n) is 28.2. The molecule has 0 spiro atoms. The van der Waals surface area contributed by atoms with Crippen molar-refractivity contribution in [2.75, 3.05) is 107 Å². The van der Waals surface area contributed by atoms with Gasteiger partial charge in [0.05, 0.1) is 68.1 Å². The van der Waals surface area contributed by atoms with Crippen LogP contribution in [0.4, 0.5) is 26.7 Å². The SMILES string of the molecule is C=CCOC(=O)Oc1ccc(C[C@@H](O)[C@@H]2NC(=O)[C@@H]3C[C@@H](O)CN3C(=O)[C@H]([C@@H](C)O)NC(=O)[C@@H](NC(=O)c3ccc(-c4ccc(N5CCN(c6ccc(N7C[C@@H](C)O[C@@H](C)C7)cc6)CC5)cc4)cc3)C[C@@H](O)CNC(=O)[C@@H]3[C@@H](O)[C@@H](C)CN3C(=O)[C@H]([C@H](O)CCN(C(=O)OCC=C)C(CO)CO)NC2=O)cc1OSOOO. The van der Waals surface area contributed by atoms with Gasteiger partial charge in [0.25, 0.3) is 18.2 Å². The Balaban J connectivity index is 0.988. The molecule has 0 aromatic heterocycles. The van der Waals surface area contributed by atoms with Gasteiger partial charge >= 0.3 is 12.2 Å². The maximum absolute atomic E-state index is 15.4. The summed E-state index contributed by atoms with van der Waals surface area (Å²) < 4.78 is 30.9. The summed E-state index contributed by atoms with van der Waals surface area (Å²) >= 11 is 0.00332. The van der Waals surface area contributed by atoms with Crippen LogP contribution in [0.15, 0.2) is 116 Å². The zero-order valence-electron chi connectivity index (χ0n) is 62.3. The number of nitrogens with zero attached hydrogens (tertiary/aromatic N) is 6. The first-order valence-corrected chi connectivity index (χ1v) is 37.4. The standard InChI is InChI=1S/C75H99N11O25S/c1-7-29-105-74(102)84(53(40-87)41-88)24-23-58(92)64-73(101)86-36-42(3)66(94)65(86)71(99)76-35-54(90)33-56(77-67(95)49-12-10-47(11-13-49)48-14-16-50(17-15-48)81-25-27-82(28-26-81)51-18-20-52(21-19-51)83-37-43(4)107-44(5)38-83)68(96)78-62(45(6)89)72(100)85-39-55(91)34-57(85)69(97)79-63(70(98)80-64)59(93)31-46-9-22-60(108-75(103)106-30-8-2)61(32-46)109-112-111-110-104/h7-22,32,42-45,53-59,62-66,87-94,104H,1-2,23-31,33-41H2,3-6H3,(H,76,99)(H,77,95)(H,78,96)(H,79,97)(H,80,98)/t42-,43-,44+,45+,54+,55+,56-,57-,58+,59+,62-,63-,64-,65-,66-/m0/s1. The smallest absolute Gasteiger partial charge is 0.445 e. The van der Waals surface area contributed by atoms with Crippen LogP contribution in [0, 0.1) is 5.92 Å². The summed E-state index contributed by atoms with van der Waals surface area (Å²) in [6.45, 7) is 13.7. The molecule has 5 aliphatic heterocycles. The number of carbonyl (C=O) groups is 9. The minimum Gasteiger partial charge on any atom is -0.445 e. The molecule has 0 radical (unpaired) electrons. The van der Waals surface area contributed by atoms with Gasteiger partial charge in [-0.3, -0.25) is 33.6 Å². The highest BCUT2D eigenvalue weighted by molar-refractivity contribution is 7.90. The van der Waals surface area contributed by atoms with Crippen molar-refractivity contribution in [1.29, 1.82) is 0 Å². The maximum Gasteiger partial charge on any atom is 0.514 e. The predicted molar refractivity (Wildman–Crippen MR) is 402 cm³/mol. The molecule has 0 saturated carbocycles. The third kappa shape index (κ3) is 22.3. The van der Waals surface area contributed by atoms with Crippen molar-refractivity contribution in [2.24, 2.45) is 5.92 Å². The molecule has 4 aromatic rings. The monoisotopic (exact) mass is 1590 g/mol. The van der Waals surface area contributed by atoms with E-state index in [1.165, 1.54) is 37.3 Å². The number of carbonyl (C=O) groups excluding carboxylic acids is 9. The van der Waals surface area contributed by atoms with E-state index in [1.807, 2.05) is 24.3 Å². The van der Waals surface area contributed by atoms with Gasteiger partial charge in [-0.25, -0.2) is 14.8 Å². The van der Waals surface area contributed by atoms with Gasteiger partial charge in [-0.1, -0.05) is 71.9 Å². The molecule has 4 aromatic carbocycles. The van der Waals surface area contributed by atoms with E-state index in [0.717, 1.165) is 101 Å². The summed E-state index contributed by atoms with van der Waals surface area (Å²) in [5.74, 6) is -10.1. The summed E-state index contributed by atoms with van der Waals surface area (Å²) in [5, 5.41) is 116. The summed E-state index contributed by atoms with van der Waals surface area (Å²) in [6.07, 6.45) is -13.5. The Kier molecular flexibility index (Phi) is 31.3. The van der Waals surface area contributed by atoms with Crippen LogP contribution in [0.1, 0.15) is 62.9 Å². The van der Waals surface area contributed by atoms with Crippen LogP contribution in [0.25, 0.3) is 11.1 Å². The summed E-state index contributed by atoms with van der Waals surface area (Å²) in [4.78, 5) is 140. The van der Waals surface area contributed by atoms with E-state index in [2.05, 4.69) is 102 Å². The summed E-state index contributed by atoms with van der Waals surface area (Å²) in [6, 6.07) is 13.0. The first-order valence-electron chi connectivity index (χ1n) is 36.7. The van der Waals surface area contributed by atoms with Crippen molar-refractivity contribution in [3.8, 4) is 22.6 Å². The van der Waals surface area contributed by atoms with Crippen molar-refractivity contribution < 1.29 is 122 Å². The van der Waals surface area contributed by atoms with Crippen LogP contribution >= 0.6 is 12.3 Å². The van der Waals surface area contributed by atoms with Crippen molar-refractivity contribution in [3.05, 3.63) is 127 Å². The highest BCUT2D eigenvalue weighted by Crippen LogP contribution is 2.34. The van der Waals surface area contributed by atoms with E-state index in [9.17, 15) is 69.6 Å². The molecule has 5 fully saturated rings. The Morgan fingerprint density at radius 3 is 1.83 bits per heavy atom. The fourth-order valence-corrected chi connectivity index (χ4v) is 14.4. The number of fused-ring (bicyclic) bond motifs is 2. The molecule has 15 atom stereocenters. The number of anilines is 3. The van der Waals surface area contributed by atoms with Crippen molar-refractivity contribution in [1.82, 2.24) is 41.3 Å². The Hall–Kier alpha value is -9.74. The minimum atomic E-state index is -2.31. The third-order valence-corrected chi connectivity index (χ3v) is 20.3. The average molecular weight is 1590 g/mol. The number of aliphatic hydroxyl groups excluding tert-OH is 8. The Labute approximate surface area is 650 Å². The first-order chi connectivity index (χ1) is 53.6. The molecular weight excluding hydrogens is 1490 g/mol. The highest BCUT2D eigenvalue weighted by Gasteiger charge is 2.50. The van der Waals surface area contributed by atoms with Gasteiger partial charge in [-0.15, -0.1) is 0 Å². The van der Waals surface area contributed by atoms with E-state index in [-0.39, 0.29) is 60.4 Å². The van der Waals surface area contributed by atoms with Crippen LogP contribution in [-0.4, -0.2) is 297 Å². The lowest BCUT2D eigenvalue weighted by Gasteiger charge is -2.38. The molecule has 0 bridgehead atoms. The number of piperazine rings is 1. The number of hydrogen-bond acceptors (Lipinski definition) is 29. The minimum absolute atomic E-state index is 0.00291. The van der Waals surface area contributed by atoms with Gasteiger partial charge in [0.15, 0.2) is 11.5 Å². The molecule has 610 valence electrons. The van der Waals surface area contributed by atoms with Gasteiger partial charge in [0, 0.05) is 113 Å². The van der Waals surface area contributed by atoms with E-state index in [0.29, 0.717) is 0 Å². The lowest BCUT2D eigenvalue weighted by molar-refractivity contribution is -0.433. The lowest BCUT2D eigenvalue weighted by Crippen LogP contribution is -2.64. The molecule has 8 amide bonds. The lowest BCUT2D eigenvalue weighted by atomic mass is 9.98. The number of morpholine rings is 1. The molecule has 0 unspecified atom stereocenters. The molecule has 14 N–H and O–H groups in total. The van der Waals surface area contributed by atoms with E-state index < -0.39 is 204 Å². The van der Waals surface area contributed by atoms with Gasteiger partial charge in [-0.05, 0) is 105 Å². The van der Waals surface area contributed by atoms with Gasteiger partial charge in [0.2, 0.25) is 35.4 Å². The second kappa shape index (κ2) is 40.6. The number of β-amino-alcohol motifs (C(OH)–C–C–N with tert-alkyl or cyclic N) is 1. The number of benzene rings is 4. The number of ether oxygens (including phenoxy) is 4. The van der Waals surface area contributed by atoms with E-state index in [4.69, 9.17) is 28.4 Å². The van der Waals surface area contributed by atoms with Gasteiger partial charge < -0.3 is 120 Å². The predicted octanol–water partition coefficient (Wildman–Crippen LogP) is -0.325. The Morgan fingerprint density at radius 2 is 1.23 bits per heavy atom. The molecule has 9 rings (SSSR count). The Morgan fingerprint density at radius 1 is 0.661 bits per heavy atom. The van der Waals surface area contributed by atoms with Crippen LogP contribution in [-0.2, 0) is 58.8 Å². The van der Waals surface area contributed by atoms with Crippen LogP contribution in [0.2, 0.25) is 0 Å². The Bertz CT molecular complexity index is 3890. The zero-order valence-corrected chi connectivity index (χ0v) is 63.2. The summed E-state index contributed by atoms with van der Waals surface area (Å²) in [7, 11) is 0. The third-order valence-electron chi connectivity index (χ3n) is 20.0. The maximum atomic E-state index is 15.4. The topological polar surface area (TPSA) is 480 Å². The second-order valence-corrected chi connectivity index (χ2v) is 28.6. The van der Waals surface area contributed by atoms with Gasteiger partial charge in [0.1, 0.15) is 49.5 Å². The zero-order chi connectivity index (χ0) is 81.0. The van der Waals surface area contributed by atoms with Crippen LogP contribution in [0.5, 0.6) is 11.5 Å². The molecule has 0 aliphatic carbocycles. The average Bonchev–Trinajstić information content (AvgIpc) is 1.65. The largest absolute Gasteiger partial charge is 0.514 e. The highest BCUT2D eigenvalue weighted by atomic mass is 32.2. The van der Waals surface area contributed by atoms with Crippen LogP contribution < -0.4 is 50.2 Å². The molecule has 5 aliphatic rings. The number of aliphatic hydroxyl groups is 8. The molecule has 5 saturated heterocycles. The van der Waals surface area contributed by atoms with Crippen molar-refractivity contribution in [2.45, 2.75) is 145 Å². The molecule has 36 nitrogen and oxygen atoms in total. The molecule has 37 heteroatoms. The number of amides is 8. The fourth-order valence-electron chi connectivity index (χ4n) is 14.2. The van der Waals surface area contributed by atoms with Crippen molar-refractivity contribution in [3.63, 3.8) is 0 Å². The van der Waals surface area contributed by atoms with E-state index in [1.54, 1.807) is 12.1 Å². The summed E-state index contributed by atoms with van der Waals surface area (Å²) in [5.41, 5.74) is 4.91. The molecule has 112 heavy (non-hydrogen) atoms. The number of rotatable bonds is 26. The normalized spacial score (nSPS) is 25.2. The quantitative estimate of drug-likeness (QED) is 0.00728. The fraction of sp³-hybridized carbons (Fsp3) is 0.507. The molecule has 5 heterocycles.